The number of nitrogens with zero attached hydrogens (tertiary/aromatic N) is 5. The van der Waals surface area contributed by atoms with Crippen molar-refractivity contribution in [2.45, 2.75) is 39.0 Å². The van der Waals surface area contributed by atoms with Crippen molar-refractivity contribution in [3.8, 4) is 11.4 Å². The monoisotopic (exact) mass is 405 g/mol. The van der Waals surface area contributed by atoms with E-state index in [0.717, 1.165) is 60.7 Å². The van der Waals surface area contributed by atoms with Gasteiger partial charge in [0.2, 0.25) is 11.7 Å². The molecule has 8 nitrogen and oxygen atoms in total. The summed E-state index contributed by atoms with van der Waals surface area (Å²) in [5.41, 5.74) is 4.16. The van der Waals surface area contributed by atoms with Crippen LogP contribution in [0.25, 0.3) is 11.4 Å². The number of rotatable bonds is 6. The van der Waals surface area contributed by atoms with E-state index in [-0.39, 0.29) is 5.92 Å². The highest BCUT2D eigenvalue weighted by Crippen LogP contribution is 2.31. The average Bonchev–Trinajstić information content (AvgIpc) is 3.29. The lowest BCUT2D eigenvalue weighted by molar-refractivity contribution is 0.329. The minimum absolute atomic E-state index is 0.247. The fraction of sp³-hybridized carbons (Fsp3) is 0.409. The SMILES string of the molecule is CCc1cnc(N2CCC(c3nc(-c4ccc(C(C)=N)c(NC)c4)no3)CC2)cn1. The predicted molar refractivity (Wildman–Crippen MR) is 117 cm³/mol. The molecule has 0 radical (unpaired) electrons. The summed E-state index contributed by atoms with van der Waals surface area (Å²) in [6.45, 7) is 5.63. The third-order valence-electron chi connectivity index (χ3n) is 5.61. The molecule has 0 amide bonds. The first-order valence-electron chi connectivity index (χ1n) is 10.4. The summed E-state index contributed by atoms with van der Waals surface area (Å²) in [6, 6.07) is 5.82. The number of hydrogen-bond donors (Lipinski definition) is 2. The molecule has 1 fully saturated rings. The lowest BCUT2D eigenvalue weighted by atomic mass is 9.97. The van der Waals surface area contributed by atoms with Gasteiger partial charge in [-0.3, -0.25) is 4.98 Å². The van der Waals surface area contributed by atoms with Crippen molar-refractivity contribution >= 4 is 17.2 Å². The van der Waals surface area contributed by atoms with Crippen LogP contribution in [0.1, 0.15) is 49.8 Å². The van der Waals surface area contributed by atoms with E-state index in [1.165, 1.54) is 0 Å². The van der Waals surface area contributed by atoms with Gasteiger partial charge < -0.3 is 20.1 Å². The average molecular weight is 406 g/mol. The second kappa shape index (κ2) is 8.61. The van der Waals surface area contributed by atoms with Gasteiger partial charge in [-0.2, -0.15) is 4.98 Å². The summed E-state index contributed by atoms with van der Waals surface area (Å²) in [5.74, 6) is 2.45. The Morgan fingerprint density at radius 3 is 2.67 bits per heavy atom. The Bertz CT molecular complexity index is 1020. The van der Waals surface area contributed by atoms with Crippen molar-refractivity contribution in [3.05, 3.63) is 47.7 Å². The Morgan fingerprint density at radius 1 is 1.23 bits per heavy atom. The second-order valence-corrected chi connectivity index (χ2v) is 7.57. The van der Waals surface area contributed by atoms with Gasteiger partial charge in [0, 0.05) is 48.6 Å². The zero-order chi connectivity index (χ0) is 21.1. The van der Waals surface area contributed by atoms with Crippen molar-refractivity contribution in [1.82, 2.24) is 20.1 Å². The summed E-state index contributed by atoms with van der Waals surface area (Å²) >= 11 is 0. The Kier molecular flexibility index (Phi) is 5.74. The molecule has 30 heavy (non-hydrogen) atoms. The molecule has 2 aromatic heterocycles. The number of anilines is 2. The van der Waals surface area contributed by atoms with Gasteiger partial charge in [-0.05, 0) is 32.3 Å². The molecule has 1 aromatic carbocycles. The molecule has 0 unspecified atom stereocenters. The van der Waals surface area contributed by atoms with Crippen LogP contribution >= 0.6 is 0 Å². The van der Waals surface area contributed by atoms with Gasteiger partial charge in [0.15, 0.2) is 0 Å². The molecule has 3 aromatic rings. The first kappa shape index (κ1) is 20.0. The summed E-state index contributed by atoms with van der Waals surface area (Å²) < 4.78 is 5.61. The molecule has 0 spiro atoms. The van der Waals surface area contributed by atoms with E-state index < -0.39 is 0 Å². The first-order valence-corrected chi connectivity index (χ1v) is 10.4. The quantitative estimate of drug-likeness (QED) is 0.599. The third-order valence-corrected chi connectivity index (χ3v) is 5.61. The third kappa shape index (κ3) is 4.03. The smallest absolute Gasteiger partial charge is 0.230 e. The minimum atomic E-state index is 0.247. The summed E-state index contributed by atoms with van der Waals surface area (Å²) in [4.78, 5) is 15.9. The number of aromatic nitrogens is 4. The van der Waals surface area contributed by atoms with Crippen molar-refractivity contribution < 1.29 is 4.52 Å². The lowest BCUT2D eigenvalue weighted by Crippen LogP contribution is -2.33. The lowest BCUT2D eigenvalue weighted by Gasteiger charge is -2.31. The minimum Gasteiger partial charge on any atom is -0.388 e. The molecular formula is C22H27N7O. The van der Waals surface area contributed by atoms with Gasteiger partial charge in [0.1, 0.15) is 5.82 Å². The maximum atomic E-state index is 7.89. The summed E-state index contributed by atoms with van der Waals surface area (Å²) in [6.07, 6.45) is 6.49. The van der Waals surface area contributed by atoms with Crippen LogP contribution < -0.4 is 10.2 Å². The molecule has 4 rings (SSSR count). The van der Waals surface area contributed by atoms with E-state index in [2.05, 4.69) is 37.2 Å². The Balaban J connectivity index is 1.44. The van der Waals surface area contributed by atoms with Gasteiger partial charge >= 0.3 is 0 Å². The highest BCUT2D eigenvalue weighted by atomic mass is 16.5. The van der Waals surface area contributed by atoms with Crippen LogP contribution in [0.15, 0.2) is 35.1 Å². The van der Waals surface area contributed by atoms with Crippen molar-refractivity contribution in [2.75, 3.05) is 30.4 Å². The summed E-state index contributed by atoms with van der Waals surface area (Å²) in [5, 5.41) is 15.2. The van der Waals surface area contributed by atoms with E-state index in [0.29, 0.717) is 17.4 Å². The fourth-order valence-corrected chi connectivity index (χ4v) is 3.78. The van der Waals surface area contributed by atoms with Gasteiger partial charge in [-0.15, -0.1) is 0 Å². The molecule has 3 heterocycles. The van der Waals surface area contributed by atoms with E-state index in [1.54, 1.807) is 6.92 Å². The molecule has 0 atom stereocenters. The van der Waals surface area contributed by atoms with E-state index >= 15 is 0 Å². The van der Waals surface area contributed by atoms with Crippen LogP contribution in [-0.2, 0) is 6.42 Å². The summed E-state index contributed by atoms with van der Waals surface area (Å²) in [7, 11) is 1.85. The fourth-order valence-electron chi connectivity index (χ4n) is 3.78. The van der Waals surface area contributed by atoms with E-state index in [4.69, 9.17) is 9.93 Å². The van der Waals surface area contributed by atoms with Crippen molar-refractivity contribution in [1.29, 1.82) is 5.41 Å². The Hall–Kier alpha value is -3.29. The zero-order valence-corrected chi connectivity index (χ0v) is 17.6. The molecule has 8 heteroatoms. The van der Waals surface area contributed by atoms with Crippen molar-refractivity contribution in [2.24, 2.45) is 0 Å². The number of benzene rings is 1. The molecule has 1 saturated heterocycles. The van der Waals surface area contributed by atoms with Crippen LogP contribution in [-0.4, -0.2) is 46.0 Å². The van der Waals surface area contributed by atoms with Gasteiger partial charge in [0.05, 0.1) is 18.1 Å². The molecule has 1 aliphatic rings. The number of piperidine rings is 1. The van der Waals surface area contributed by atoms with Crippen LogP contribution in [0.3, 0.4) is 0 Å². The van der Waals surface area contributed by atoms with Crippen molar-refractivity contribution in [3.63, 3.8) is 0 Å². The normalized spacial score (nSPS) is 14.7. The van der Waals surface area contributed by atoms with Crippen LogP contribution in [0.2, 0.25) is 0 Å². The maximum Gasteiger partial charge on any atom is 0.230 e. The van der Waals surface area contributed by atoms with Gasteiger partial charge in [0.25, 0.3) is 0 Å². The number of hydrogen-bond acceptors (Lipinski definition) is 8. The Labute approximate surface area is 176 Å². The van der Waals surface area contributed by atoms with E-state index in [9.17, 15) is 0 Å². The molecular weight excluding hydrogens is 378 g/mol. The highest BCUT2D eigenvalue weighted by molar-refractivity contribution is 6.02. The molecule has 0 aliphatic carbocycles. The standard InChI is InChI=1S/C22H27N7O/c1-4-17-12-26-20(13-25-17)29-9-7-15(8-10-29)22-27-21(28-30-22)16-5-6-18(14(2)23)19(11-16)24-3/h5-6,11-13,15,23-24H,4,7-10H2,1-3H3. The highest BCUT2D eigenvalue weighted by Gasteiger charge is 2.26. The van der Waals surface area contributed by atoms with Crippen LogP contribution in [0.4, 0.5) is 11.5 Å². The first-order chi connectivity index (χ1) is 14.6. The van der Waals surface area contributed by atoms with Gasteiger partial charge in [-0.25, -0.2) is 4.98 Å². The maximum absolute atomic E-state index is 7.89. The molecule has 0 bridgehead atoms. The molecule has 0 saturated carbocycles. The molecule has 156 valence electrons. The number of nitrogens with one attached hydrogen (secondary N) is 2. The Morgan fingerprint density at radius 2 is 2.03 bits per heavy atom. The van der Waals surface area contributed by atoms with E-state index in [1.807, 2.05) is 37.6 Å². The molecule has 2 N–H and O–H groups in total. The predicted octanol–water partition coefficient (Wildman–Crippen LogP) is 3.90. The van der Waals surface area contributed by atoms with Crippen LogP contribution in [0.5, 0.6) is 0 Å². The van der Waals surface area contributed by atoms with Gasteiger partial charge in [-0.1, -0.05) is 24.2 Å². The zero-order valence-electron chi connectivity index (χ0n) is 17.6. The molecule has 1 aliphatic heterocycles. The second-order valence-electron chi connectivity index (χ2n) is 7.57. The largest absolute Gasteiger partial charge is 0.388 e. The number of aryl methyl sites for hydroxylation is 1. The topological polar surface area (TPSA) is 104 Å². The van der Waals surface area contributed by atoms with Crippen LogP contribution in [0, 0.1) is 5.41 Å².